The van der Waals surface area contributed by atoms with E-state index in [-0.39, 0.29) is 5.56 Å². The van der Waals surface area contributed by atoms with E-state index in [1.54, 1.807) is 16.7 Å². The lowest BCUT2D eigenvalue weighted by atomic mass is 10.1. The van der Waals surface area contributed by atoms with Crippen LogP contribution in [0.2, 0.25) is 0 Å². The summed E-state index contributed by atoms with van der Waals surface area (Å²) >= 11 is 0. The first-order chi connectivity index (χ1) is 14.7. The van der Waals surface area contributed by atoms with Gasteiger partial charge >= 0.3 is 0 Å². The maximum absolute atomic E-state index is 11.9. The molecule has 160 valence electrons. The first kappa shape index (κ1) is 20.7. The van der Waals surface area contributed by atoms with Crippen molar-refractivity contribution >= 4 is 5.96 Å². The maximum Gasteiger partial charge on any atom is 0.250 e. The Morgan fingerprint density at radius 1 is 1.07 bits per heavy atom. The predicted molar refractivity (Wildman–Crippen MR) is 122 cm³/mol. The minimum atomic E-state index is 0.0246. The zero-order valence-corrected chi connectivity index (χ0v) is 17.9. The SMILES string of the molecule is CN=C(NCc1ccc(Cn2ccccc2=O)cc1)NC1CCN(C2CCCC2)C1. The van der Waals surface area contributed by atoms with Crippen LogP contribution >= 0.6 is 0 Å². The molecule has 1 aromatic heterocycles. The van der Waals surface area contributed by atoms with Crippen molar-refractivity contribution in [2.45, 2.75) is 57.3 Å². The normalized spacial score (nSPS) is 20.6. The Balaban J connectivity index is 1.25. The first-order valence-electron chi connectivity index (χ1n) is 11.2. The molecule has 0 spiro atoms. The number of likely N-dealkylation sites (tertiary alicyclic amines) is 1. The third kappa shape index (κ3) is 5.30. The Morgan fingerprint density at radius 2 is 1.83 bits per heavy atom. The van der Waals surface area contributed by atoms with Gasteiger partial charge in [-0.1, -0.05) is 43.2 Å². The summed E-state index contributed by atoms with van der Waals surface area (Å²) in [6, 6.07) is 14.9. The Morgan fingerprint density at radius 3 is 2.57 bits per heavy atom. The third-order valence-corrected chi connectivity index (χ3v) is 6.36. The monoisotopic (exact) mass is 407 g/mol. The second kappa shape index (κ2) is 9.94. The molecule has 0 radical (unpaired) electrons. The summed E-state index contributed by atoms with van der Waals surface area (Å²) in [6.07, 6.45) is 8.53. The molecular formula is C24H33N5O. The van der Waals surface area contributed by atoms with Gasteiger partial charge in [0.15, 0.2) is 5.96 Å². The minimum absolute atomic E-state index is 0.0246. The molecule has 1 saturated carbocycles. The van der Waals surface area contributed by atoms with Gasteiger partial charge in [0, 0.05) is 51.0 Å². The molecule has 2 fully saturated rings. The molecule has 2 heterocycles. The van der Waals surface area contributed by atoms with Gasteiger partial charge in [0.05, 0.1) is 6.54 Å². The molecule has 1 aliphatic heterocycles. The van der Waals surface area contributed by atoms with Gasteiger partial charge in [0.1, 0.15) is 0 Å². The lowest BCUT2D eigenvalue weighted by Gasteiger charge is -2.24. The molecule has 2 N–H and O–H groups in total. The summed E-state index contributed by atoms with van der Waals surface area (Å²) in [7, 11) is 1.83. The Kier molecular flexibility index (Phi) is 6.84. The fourth-order valence-electron chi connectivity index (χ4n) is 4.63. The molecule has 0 amide bonds. The molecule has 1 atom stereocenters. The fraction of sp³-hybridized carbons (Fsp3) is 0.500. The van der Waals surface area contributed by atoms with E-state index < -0.39 is 0 Å². The molecule has 30 heavy (non-hydrogen) atoms. The van der Waals surface area contributed by atoms with Crippen molar-refractivity contribution in [3.8, 4) is 0 Å². The topological polar surface area (TPSA) is 61.7 Å². The summed E-state index contributed by atoms with van der Waals surface area (Å²) < 4.78 is 1.72. The Hall–Kier alpha value is -2.60. The van der Waals surface area contributed by atoms with Gasteiger partial charge in [-0.05, 0) is 36.5 Å². The van der Waals surface area contributed by atoms with Crippen molar-refractivity contribution in [3.05, 3.63) is 70.1 Å². The zero-order chi connectivity index (χ0) is 20.8. The minimum Gasteiger partial charge on any atom is -0.352 e. The van der Waals surface area contributed by atoms with Gasteiger partial charge in [-0.15, -0.1) is 0 Å². The van der Waals surface area contributed by atoms with Crippen LogP contribution in [0.3, 0.4) is 0 Å². The number of hydrogen-bond acceptors (Lipinski definition) is 3. The Labute approximate surface area is 179 Å². The molecule has 1 unspecified atom stereocenters. The van der Waals surface area contributed by atoms with Gasteiger partial charge < -0.3 is 15.2 Å². The average molecular weight is 408 g/mol. The molecule has 1 saturated heterocycles. The smallest absolute Gasteiger partial charge is 0.250 e. The van der Waals surface area contributed by atoms with Crippen LogP contribution in [0.4, 0.5) is 0 Å². The summed E-state index contributed by atoms with van der Waals surface area (Å²) in [4.78, 5) is 18.9. The van der Waals surface area contributed by atoms with E-state index in [9.17, 15) is 4.79 Å². The lowest BCUT2D eigenvalue weighted by molar-refractivity contribution is 0.242. The fourth-order valence-corrected chi connectivity index (χ4v) is 4.63. The van der Waals surface area contributed by atoms with Crippen molar-refractivity contribution in [2.24, 2.45) is 4.99 Å². The highest BCUT2D eigenvalue weighted by Crippen LogP contribution is 2.26. The Bertz CT molecular complexity index is 898. The van der Waals surface area contributed by atoms with Crippen molar-refractivity contribution in [2.75, 3.05) is 20.1 Å². The highest BCUT2D eigenvalue weighted by molar-refractivity contribution is 5.80. The van der Waals surface area contributed by atoms with E-state index in [0.717, 1.165) is 30.7 Å². The number of aliphatic imine (C=N–C) groups is 1. The van der Waals surface area contributed by atoms with Gasteiger partial charge in [0.25, 0.3) is 5.56 Å². The quantitative estimate of drug-likeness (QED) is 0.571. The number of hydrogen-bond donors (Lipinski definition) is 2. The molecule has 4 rings (SSSR count). The zero-order valence-electron chi connectivity index (χ0n) is 17.9. The van der Waals surface area contributed by atoms with Crippen LogP contribution in [0.25, 0.3) is 0 Å². The largest absolute Gasteiger partial charge is 0.352 e. The first-order valence-corrected chi connectivity index (χ1v) is 11.2. The predicted octanol–water partition coefficient (Wildman–Crippen LogP) is 2.58. The van der Waals surface area contributed by atoms with E-state index in [0.29, 0.717) is 12.6 Å². The molecule has 1 aliphatic carbocycles. The molecule has 6 nitrogen and oxygen atoms in total. The third-order valence-electron chi connectivity index (χ3n) is 6.36. The second-order valence-electron chi connectivity index (χ2n) is 8.47. The number of pyridine rings is 1. The van der Waals surface area contributed by atoms with Crippen LogP contribution in [0.5, 0.6) is 0 Å². The van der Waals surface area contributed by atoms with Crippen molar-refractivity contribution < 1.29 is 0 Å². The summed E-state index contributed by atoms with van der Waals surface area (Å²) in [5.41, 5.74) is 2.34. The van der Waals surface area contributed by atoms with Gasteiger partial charge in [0.2, 0.25) is 0 Å². The van der Waals surface area contributed by atoms with Gasteiger partial charge in [-0.3, -0.25) is 14.7 Å². The molecule has 1 aromatic carbocycles. The van der Waals surface area contributed by atoms with Crippen molar-refractivity contribution in [3.63, 3.8) is 0 Å². The average Bonchev–Trinajstić information content (AvgIpc) is 3.46. The highest BCUT2D eigenvalue weighted by atomic mass is 16.1. The van der Waals surface area contributed by atoms with Crippen LogP contribution in [-0.2, 0) is 13.1 Å². The van der Waals surface area contributed by atoms with E-state index in [2.05, 4.69) is 44.8 Å². The summed E-state index contributed by atoms with van der Waals surface area (Å²) in [6.45, 7) is 3.64. The highest BCUT2D eigenvalue weighted by Gasteiger charge is 2.30. The lowest BCUT2D eigenvalue weighted by Crippen LogP contribution is -2.45. The summed E-state index contributed by atoms with van der Waals surface area (Å²) in [5, 5.41) is 7.04. The van der Waals surface area contributed by atoms with E-state index in [1.165, 1.54) is 44.2 Å². The van der Waals surface area contributed by atoms with Crippen LogP contribution < -0.4 is 16.2 Å². The number of aromatic nitrogens is 1. The van der Waals surface area contributed by atoms with E-state index in [1.807, 2.05) is 19.3 Å². The molecular weight excluding hydrogens is 374 g/mol. The second-order valence-corrected chi connectivity index (χ2v) is 8.47. The molecule has 2 aliphatic rings. The van der Waals surface area contributed by atoms with Crippen LogP contribution in [0, 0.1) is 0 Å². The van der Waals surface area contributed by atoms with Crippen molar-refractivity contribution in [1.29, 1.82) is 0 Å². The number of guanidine groups is 1. The van der Waals surface area contributed by atoms with Gasteiger partial charge in [-0.2, -0.15) is 0 Å². The van der Waals surface area contributed by atoms with Gasteiger partial charge in [-0.25, -0.2) is 0 Å². The standard InChI is InChI=1S/C24H33N5O/c1-25-24(27-21-13-15-28(18-21)22-6-2-3-7-22)26-16-19-9-11-20(12-10-19)17-29-14-5-4-8-23(29)30/h4-5,8-12,14,21-22H,2-3,6-7,13,15-18H2,1H3,(H2,25,26,27). The number of nitrogens with one attached hydrogen (secondary N) is 2. The molecule has 0 bridgehead atoms. The maximum atomic E-state index is 11.9. The van der Waals surface area contributed by atoms with Crippen LogP contribution in [0.1, 0.15) is 43.2 Å². The number of rotatable bonds is 6. The van der Waals surface area contributed by atoms with Crippen LogP contribution in [-0.4, -0.2) is 47.6 Å². The number of nitrogens with zero attached hydrogens (tertiary/aromatic N) is 3. The molecule has 6 heteroatoms. The van der Waals surface area contributed by atoms with E-state index >= 15 is 0 Å². The molecule has 2 aromatic rings. The summed E-state index contributed by atoms with van der Waals surface area (Å²) in [5.74, 6) is 0.869. The van der Waals surface area contributed by atoms with E-state index in [4.69, 9.17) is 0 Å². The van der Waals surface area contributed by atoms with Crippen LogP contribution in [0.15, 0.2) is 58.4 Å². The number of benzene rings is 1. The van der Waals surface area contributed by atoms with Crippen molar-refractivity contribution in [1.82, 2.24) is 20.1 Å².